The molecule has 1 unspecified atom stereocenters. The Kier molecular flexibility index (Phi) is 4.73. The highest BCUT2D eigenvalue weighted by Gasteiger charge is 2.44. The summed E-state index contributed by atoms with van der Waals surface area (Å²) in [6.45, 7) is 0. The number of nitrogens with one attached hydrogen (secondary N) is 1. The van der Waals surface area contributed by atoms with E-state index in [0.717, 1.165) is 0 Å². The minimum Gasteiger partial charge on any atom is -0.324 e. The lowest BCUT2D eigenvalue weighted by molar-refractivity contribution is -0.128. The van der Waals surface area contributed by atoms with Crippen molar-refractivity contribution >= 4 is 27.5 Å². The van der Waals surface area contributed by atoms with Gasteiger partial charge >= 0.3 is 0 Å². The lowest BCUT2D eigenvalue weighted by Gasteiger charge is -2.23. The van der Waals surface area contributed by atoms with E-state index in [-0.39, 0.29) is 17.7 Å². The average molecular weight is 369 g/mol. The Morgan fingerprint density at radius 3 is 2.38 bits per heavy atom. The SMILES string of the molecule is N#Cc1ccc(NC(=O)C2CCC(=O)N2S(=O)(=O)c2ccccc2)cc1. The molecule has 1 saturated heterocycles. The third-order valence-corrected chi connectivity index (χ3v) is 5.89. The summed E-state index contributed by atoms with van der Waals surface area (Å²) in [4.78, 5) is 24.7. The fourth-order valence-corrected chi connectivity index (χ4v) is 4.38. The first-order valence-corrected chi connectivity index (χ1v) is 9.31. The number of hydrogen-bond donors (Lipinski definition) is 1. The van der Waals surface area contributed by atoms with Crippen LogP contribution in [0.25, 0.3) is 0 Å². The number of nitriles is 1. The minimum atomic E-state index is -4.11. The van der Waals surface area contributed by atoms with Crippen LogP contribution in [0.1, 0.15) is 18.4 Å². The lowest BCUT2D eigenvalue weighted by atomic mass is 10.2. The number of amides is 2. The van der Waals surface area contributed by atoms with Crippen LogP contribution in [0.5, 0.6) is 0 Å². The van der Waals surface area contributed by atoms with Gasteiger partial charge in [-0.1, -0.05) is 18.2 Å². The summed E-state index contributed by atoms with van der Waals surface area (Å²) >= 11 is 0. The molecular formula is C18H15N3O4S. The van der Waals surface area contributed by atoms with Crippen molar-refractivity contribution in [3.8, 4) is 6.07 Å². The van der Waals surface area contributed by atoms with Crippen LogP contribution in [0.4, 0.5) is 5.69 Å². The van der Waals surface area contributed by atoms with E-state index in [2.05, 4.69) is 5.32 Å². The molecule has 1 aliphatic rings. The molecule has 2 amide bonds. The fourth-order valence-electron chi connectivity index (χ4n) is 2.76. The molecule has 0 aromatic heterocycles. The topological polar surface area (TPSA) is 107 Å². The van der Waals surface area contributed by atoms with Gasteiger partial charge in [0.15, 0.2) is 0 Å². The maximum absolute atomic E-state index is 12.8. The molecule has 7 nitrogen and oxygen atoms in total. The van der Waals surface area contributed by atoms with Crippen molar-refractivity contribution in [1.82, 2.24) is 4.31 Å². The standard InChI is InChI=1S/C18H15N3O4S/c19-12-13-6-8-14(9-7-13)20-18(23)16-10-11-17(22)21(16)26(24,25)15-4-2-1-3-5-15/h1-9,16H,10-11H2,(H,20,23). The molecule has 132 valence electrons. The molecule has 3 rings (SSSR count). The zero-order chi connectivity index (χ0) is 18.7. The van der Waals surface area contributed by atoms with Gasteiger partial charge in [0, 0.05) is 12.1 Å². The Labute approximate surface area is 150 Å². The summed E-state index contributed by atoms with van der Waals surface area (Å²) in [5.74, 6) is -1.19. The predicted molar refractivity (Wildman–Crippen MR) is 93.3 cm³/mol. The van der Waals surface area contributed by atoms with Crippen LogP contribution in [0.2, 0.25) is 0 Å². The van der Waals surface area contributed by atoms with Gasteiger partial charge in [-0.25, -0.2) is 12.7 Å². The average Bonchev–Trinajstić information content (AvgIpc) is 3.05. The molecule has 1 fully saturated rings. The number of sulfonamides is 1. The van der Waals surface area contributed by atoms with Crippen molar-refractivity contribution in [2.24, 2.45) is 0 Å². The first-order chi connectivity index (χ1) is 12.4. The summed E-state index contributed by atoms with van der Waals surface area (Å²) in [6.07, 6.45) is 0.102. The Hall–Kier alpha value is -3.18. The molecule has 1 N–H and O–H groups in total. The number of carbonyl (C=O) groups is 2. The van der Waals surface area contributed by atoms with Crippen molar-refractivity contribution in [3.05, 3.63) is 60.2 Å². The van der Waals surface area contributed by atoms with E-state index in [0.29, 0.717) is 15.6 Å². The molecule has 2 aromatic carbocycles. The highest BCUT2D eigenvalue weighted by atomic mass is 32.2. The number of carbonyl (C=O) groups excluding carboxylic acids is 2. The smallest absolute Gasteiger partial charge is 0.267 e. The predicted octanol–water partition coefficient (Wildman–Crippen LogP) is 1.88. The second kappa shape index (κ2) is 6.98. The zero-order valence-corrected chi connectivity index (χ0v) is 14.4. The minimum absolute atomic E-state index is 0.0163. The molecule has 0 aliphatic carbocycles. The van der Waals surface area contributed by atoms with Crippen molar-refractivity contribution in [2.45, 2.75) is 23.8 Å². The second-order valence-corrected chi connectivity index (χ2v) is 7.56. The number of hydrogen-bond acceptors (Lipinski definition) is 5. The fraction of sp³-hybridized carbons (Fsp3) is 0.167. The van der Waals surface area contributed by atoms with Gasteiger partial charge in [0.05, 0.1) is 16.5 Å². The van der Waals surface area contributed by atoms with Crippen LogP contribution in [0, 0.1) is 11.3 Å². The number of nitrogens with zero attached hydrogens (tertiary/aromatic N) is 2. The van der Waals surface area contributed by atoms with E-state index in [1.807, 2.05) is 6.07 Å². The second-order valence-electron chi connectivity index (χ2n) is 5.74. The van der Waals surface area contributed by atoms with Crippen LogP contribution in [-0.2, 0) is 19.6 Å². The number of benzene rings is 2. The van der Waals surface area contributed by atoms with Gasteiger partial charge < -0.3 is 5.32 Å². The van der Waals surface area contributed by atoms with Crippen LogP contribution < -0.4 is 5.32 Å². The van der Waals surface area contributed by atoms with Gasteiger partial charge in [0.2, 0.25) is 11.8 Å². The Morgan fingerprint density at radius 2 is 1.77 bits per heavy atom. The van der Waals surface area contributed by atoms with E-state index in [4.69, 9.17) is 5.26 Å². The maximum Gasteiger partial charge on any atom is 0.267 e. The first-order valence-electron chi connectivity index (χ1n) is 7.87. The molecule has 26 heavy (non-hydrogen) atoms. The van der Waals surface area contributed by atoms with Crippen molar-refractivity contribution in [1.29, 1.82) is 5.26 Å². The highest BCUT2D eigenvalue weighted by molar-refractivity contribution is 7.89. The molecule has 1 heterocycles. The molecule has 0 spiro atoms. The van der Waals surface area contributed by atoms with Gasteiger partial charge in [0.1, 0.15) is 6.04 Å². The summed E-state index contributed by atoms with van der Waals surface area (Å²) < 4.78 is 26.2. The van der Waals surface area contributed by atoms with Crippen LogP contribution in [-0.4, -0.2) is 30.6 Å². The van der Waals surface area contributed by atoms with E-state index >= 15 is 0 Å². The van der Waals surface area contributed by atoms with Crippen molar-refractivity contribution < 1.29 is 18.0 Å². The van der Waals surface area contributed by atoms with E-state index in [1.54, 1.807) is 30.3 Å². The summed E-state index contributed by atoms with van der Waals surface area (Å²) in [7, 11) is -4.11. The summed E-state index contributed by atoms with van der Waals surface area (Å²) in [5.41, 5.74) is 0.859. The van der Waals surface area contributed by atoms with Crippen LogP contribution >= 0.6 is 0 Å². The molecule has 0 radical (unpaired) electrons. The number of anilines is 1. The van der Waals surface area contributed by atoms with Gasteiger partial charge in [-0.2, -0.15) is 5.26 Å². The van der Waals surface area contributed by atoms with Crippen molar-refractivity contribution in [2.75, 3.05) is 5.32 Å². The quantitative estimate of drug-likeness (QED) is 0.885. The molecular weight excluding hydrogens is 354 g/mol. The van der Waals surface area contributed by atoms with Gasteiger partial charge in [-0.05, 0) is 42.8 Å². The highest BCUT2D eigenvalue weighted by Crippen LogP contribution is 2.28. The Balaban J connectivity index is 1.85. The molecule has 0 bridgehead atoms. The molecule has 1 atom stereocenters. The van der Waals surface area contributed by atoms with Gasteiger partial charge in [-0.3, -0.25) is 9.59 Å². The third-order valence-electron chi connectivity index (χ3n) is 4.04. The molecule has 0 saturated carbocycles. The number of rotatable bonds is 4. The molecule has 1 aliphatic heterocycles. The zero-order valence-electron chi connectivity index (χ0n) is 13.6. The monoisotopic (exact) mass is 369 g/mol. The Morgan fingerprint density at radius 1 is 1.12 bits per heavy atom. The summed E-state index contributed by atoms with van der Waals surface area (Å²) in [5, 5.41) is 11.4. The normalized spacial score (nSPS) is 17.0. The molecule has 8 heteroatoms. The van der Waals surface area contributed by atoms with Crippen LogP contribution in [0.3, 0.4) is 0 Å². The van der Waals surface area contributed by atoms with E-state index in [9.17, 15) is 18.0 Å². The summed E-state index contributed by atoms with van der Waals surface area (Å²) in [6, 6.07) is 14.6. The maximum atomic E-state index is 12.8. The van der Waals surface area contributed by atoms with E-state index in [1.165, 1.54) is 24.3 Å². The Bertz CT molecular complexity index is 979. The first kappa shape index (κ1) is 17.6. The lowest BCUT2D eigenvalue weighted by Crippen LogP contribution is -2.45. The largest absolute Gasteiger partial charge is 0.324 e. The van der Waals surface area contributed by atoms with Crippen molar-refractivity contribution in [3.63, 3.8) is 0 Å². The van der Waals surface area contributed by atoms with E-state index < -0.39 is 27.9 Å². The molecule has 2 aromatic rings. The third kappa shape index (κ3) is 3.30. The van der Waals surface area contributed by atoms with Gasteiger partial charge in [0.25, 0.3) is 10.0 Å². The van der Waals surface area contributed by atoms with Gasteiger partial charge in [-0.15, -0.1) is 0 Å². The van der Waals surface area contributed by atoms with Crippen LogP contribution in [0.15, 0.2) is 59.5 Å².